The number of hydrogen-bond acceptors (Lipinski definition) is 3. The van der Waals surface area contributed by atoms with Crippen LogP contribution in [0.2, 0.25) is 0 Å². The number of para-hydroxylation sites is 1. The molecule has 1 heterocycles. The summed E-state index contributed by atoms with van der Waals surface area (Å²) in [6.07, 6.45) is 4.35. The monoisotopic (exact) mass is 280 g/mol. The first-order valence-electron chi connectivity index (χ1n) is 6.82. The number of nitrogens with one attached hydrogen (secondary N) is 1. The van der Waals surface area contributed by atoms with Crippen molar-refractivity contribution in [2.75, 3.05) is 19.5 Å². The molecule has 0 radical (unpaired) electrons. The molecule has 3 heteroatoms. The highest BCUT2D eigenvalue weighted by Crippen LogP contribution is 2.38. The van der Waals surface area contributed by atoms with E-state index in [2.05, 4.69) is 23.5 Å². The molecule has 1 N–H and O–H groups in total. The third kappa shape index (κ3) is 2.97. The summed E-state index contributed by atoms with van der Waals surface area (Å²) in [6.45, 7) is 7.96. The molecule has 0 fully saturated rings. The third-order valence-electron chi connectivity index (χ3n) is 3.33. The van der Waals surface area contributed by atoms with Crippen molar-refractivity contribution in [2.24, 2.45) is 0 Å². The Morgan fingerprint density at radius 3 is 2.71 bits per heavy atom. The van der Waals surface area contributed by atoms with Crippen molar-refractivity contribution in [3.05, 3.63) is 61.3 Å². The molecule has 3 nitrogen and oxygen atoms in total. The molecule has 0 bridgehead atoms. The molecular weight excluding hydrogens is 260 g/mol. The van der Waals surface area contributed by atoms with Crippen molar-refractivity contribution >= 4 is 11.4 Å². The van der Waals surface area contributed by atoms with Crippen molar-refractivity contribution in [1.82, 2.24) is 4.98 Å². The Bertz CT molecular complexity index is 662. The average Bonchev–Trinajstić information content (AvgIpc) is 2.54. The summed E-state index contributed by atoms with van der Waals surface area (Å²) in [7, 11) is 3.54. The molecule has 108 valence electrons. The second-order valence-corrected chi connectivity index (χ2v) is 4.63. The van der Waals surface area contributed by atoms with Crippen LogP contribution >= 0.6 is 0 Å². The number of allylic oxidation sites excluding steroid dienone is 2. The Labute approximate surface area is 126 Å². The van der Waals surface area contributed by atoms with E-state index in [1.54, 1.807) is 13.3 Å². The van der Waals surface area contributed by atoms with Crippen molar-refractivity contribution in [3.63, 3.8) is 0 Å². The Kier molecular flexibility index (Phi) is 4.77. The minimum Gasteiger partial charge on any atom is -0.496 e. The summed E-state index contributed by atoms with van der Waals surface area (Å²) in [5.74, 6) is 1.64. The summed E-state index contributed by atoms with van der Waals surface area (Å²) >= 11 is 0. The summed E-state index contributed by atoms with van der Waals surface area (Å²) in [5, 5.41) is 3.14. The fourth-order valence-electron chi connectivity index (χ4n) is 2.38. The Morgan fingerprint density at radius 2 is 2.05 bits per heavy atom. The summed E-state index contributed by atoms with van der Waals surface area (Å²) in [5.41, 5.74) is 4.06. The number of aromatic nitrogens is 1. The zero-order valence-corrected chi connectivity index (χ0v) is 12.5. The molecule has 0 unspecified atom stereocenters. The maximum Gasteiger partial charge on any atom is 0.133 e. The second-order valence-electron chi connectivity index (χ2n) is 4.63. The highest BCUT2D eigenvalue weighted by atomic mass is 16.5. The molecule has 0 amide bonds. The maximum atomic E-state index is 5.48. The van der Waals surface area contributed by atoms with E-state index >= 15 is 0 Å². The Balaban J connectivity index is 2.68. The fourth-order valence-corrected chi connectivity index (χ4v) is 2.38. The van der Waals surface area contributed by atoms with Crippen LogP contribution in [0.25, 0.3) is 16.7 Å². The van der Waals surface area contributed by atoms with E-state index in [-0.39, 0.29) is 0 Å². The Morgan fingerprint density at radius 1 is 1.29 bits per heavy atom. The normalized spacial score (nSPS) is 10.0. The van der Waals surface area contributed by atoms with Crippen molar-refractivity contribution in [1.29, 1.82) is 0 Å². The predicted molar refractivity (Wildman–Crippen MR) is 89.6 cm³/mol. The van der Waals surface area contributed by atoms with Crippen molar-refractivity contribution in [3.8, 4) is 16.9 Å². The summed E-state index contributed by atoms with van der Waals surface area (Å²) in [4.78, 5) is 4.40. The molecule has 0 saturated heterocycles. The lowest BCUT2D eigenvalue weighted by Gasteiger charge is -2.17. The molecule has 1 aromatic heterocycles. The van der Waals surface area contributed by atoms with Gasteiger partial charge in [0.15, 0.2) is 0 Å². The van der Waals surface area contributed by atoms with Crippen LogP contribution in [0.3, 0.4) is 0 Å². The van der Waals surface area contributed by atoms with E-state index in [0.717, 1.165) is 33.8 Å². The third-order valence-corrected chi connectivity index (χ3v) is 3.33. The highest BCUT2D eigenvalue weighted by molar-refractivity contribution is 5.88. The molecule has 2 rings (SSSR count). The highest BCUT2D eigenvalue weighted by Gasteiger charge is 2.15. The molecule has 0 aliphatic rings. The van der Waals surface area contributed by atoms with Crippen molar-refractivity contribution in [2.45, 2.75) is 6.42 Å². The van der Waals surface area contributed by atoms with Crippen molar-refractivity contribution < 1.29 is 4.74 Å². The van der Waals surface area contributed by atoms with Gasteiger partial charge < -0.3 is 10.1 Å². The Hall–Kier alpha value is -2.55. The molecule has 2 aromatic rings. The SMILES string of the molecule is C=CCC(=C)c1c(-c2ccccc2OC)ccnc1NC. The number of anilines is 1. The largest absolute Gasteiger partial charge is 0.496 e. The molecular formula is C18H20N2O. The predicted octanol–water partition coefficient (Wildman–Crippen LogP) is 4.39. The molecule has 0 saturated carbocycles. The van der Waals surface area contributed by atoms with E-state index in [9.17, 15) is 0 Å². The lowest BCUT2D eigenvalue weighted by atomic mass is 9.94. The van der Waals surface area contributed by atoms with Gasteiger partial charge in [0.1, 0.15) is 11.6 Å². The van der Waals surface area contributed by atoms with Gasteiger partial charge in [0.05, 0.1) is 7.11 Å². The van der Waals surface area contributed by atoms with Crippen LogP contribution in [0.4, 0.5) is 5.82 Å². The van der Waals surface area contributed by atoms with Crippen LogP contribution in [0.1, 0.15) is 12.0 Å². The minimum absolute atomic E-state index is 0.711. The second kappa shape index (κ2) is 6.75. The smallest absolute Gasteiger partial charge is 0.133 e. The van der Waals surface area contributed by atoms with Gasteiger partial charge in [-0.25, -0.2) is 4.98 Å². The number of ether oxygens (including phenoxy) is 1. The zero-order chi connectivity index (χ0) is 15.2. The van der Waals surface area contributed by atoms with E-state index < -0.39 is 0 Å². The van der Waals surface area contributed by atoms with E-state index in [1.165, 1.54) is 0 Å². The van der Waals surface area contributed by atoms with Gasteiger partial charge in [-0.15, -0.1) is 6.58 Å². The fraction of sp³-hybridized carbons (Fsp3) is 0.167. The van der Waals surface area contributed by atoms with Gasteiger partial charge in [0.2, 0.25) is 0 Å². The van der Waals surface area contributed by atoms with E-state index in [1.807, 2.05) is 43.5 Å². The molecule has 0 spiro atoms. The maximum absolute atomic E-state index is 5.48. The van der Waals surface area contributed by atoms with Gasteiger partial charge in [-0.05, 0) is 29.7 Å². The summed E-state index contributed by atoms with van der Waals surface area (Å²) in [6, 6.07) is 9.94. The quantitative estimate of drug-likeness (QED) is 0.797. The topological polar surface area (TPSA) is 34.1 Å². The van der Waals surface area contributed by atoms with Gasteiger partial charge >= 0.3 is 0 Å². The lowest BCUT2D eigenvalue weighted by molar-refractivity contribution is 0.416. The van der Waals surface area contributed by atoms with E-state index in [4.69, 9.17) is 4.74 Å². The lowest BCUT2D eigenvalue weighted by Crippen LogP contribution is -2.01. The minimum atomic E-state index is 0.711. The molecule has 0 aliphatic carbocycles. The van der Waals surface area contributed by atoms with Crippen LogP contribution in [-0.2, 0) is 0 Å². The van der Waals surface area contributed by atoms with Crippen LogP contribution in [-0.4, -0.2) is 19.1 Å². The molecule has 0 aliphatic heterocycles. The molecule has 21 heavy (non-hydrogen) atoms. The van der Waals surface area contributed by atoms with Crippen LogP contribution in [0.15, 0.2) is 55.8 Å². The van der Waals surface area contributed by atoms with E-state index in [0.29, 0.717) is 6.42 Å². The van der Waals surface area contributed by atoms with Gasteiger partial charge in [0.25, 0.3) is 0 Å². The first kappa shape index (κ1) is 14.9. The van der Waals surface area contributed by atoms with Crippen LogP contribution in [0.5, 0.6) is 5.75 Å². The van der Waals surface area contributed by atoms with Gasteiger partial charge in [-0.3, -0.25) is 0 Å². The van der Waals surface area contributed by atoms with Gasteiger partial charge in [0, 0.05) is 24.4 Å². The number of methoxy groups -OCH3 is 1. The molecule has 0 atom stereocenters. The first-order valence-corrected chi connectivity index (χ1v) is 6.82. The number of rotatable bonds is 6. The zero-order valence-electron chi connectivity index (χ0n) is 12.5. The van der Waals surface area contributed by atoms with Gasteiger partial charge in [-0.2, -0.15) is 0 Å². The first-order chi connectivity index (χ1) is 10.2. The number of hydrogen-bond donors (Lipinski definition) is 1. The number of benzene rings is 1. The van der Waals surface area contributed by atoms with Gasteiger partial charge in [-0.1, -0.05) is 30.9 Å². The number of nitrogens with zero attached hydrogens (tertiary/aromatic N) is 1. The number of pyridine rings is 1. The molecule has 1 aromatic carbocycles. The van der Waals surface area contributed by atoms with Crippen LogP contribution in [0, 0.1) is 0 Å². The summed E-state index contributed by atoms with van der Waals surface area (Å²) < 4.78 is 5.48. The standard InChI is InChI=1S/C18H20N2O/c1-5-8-13(2)17-15(11-12-20-18(17)19-3)14-9-6-7-10-16(14)21-4/h5-7,9-12H,1-2,8H2,3-4H3,(H,19,20). The van der Waals surface area contributed by atoms with Crippen LogP contribution < -0.4 is 10.1 Å². The average molecular weight is 280 g/mol.